The van der Waals surface area contributed by atoms with Crippen molar-refractivity contribution in [2.45, 2.75) is 0 Å². The molecule has 0 aromatic carbocycles. The normalized spacial score (nSPS) is 9.69. The van der Waals surface area contributed by atoms with Crippen LogP contribution in [0.3, 0.4) is 0 Å². The summed E-state index contributed by atoms with van der Waals surface area (Å²) in [6, 6.07) is 0. The van der Waals surface area contributed by atoms with E-state index in [1.807, 2.05) is 0 Å². The smallest absolute Gasteiger partial charge is 0.246 e. The maximum absolute atomic E-state index is 11.0. The lowest BCUT2D eigenvalue weighted by Gasteiger charge is -2.04. The molecule has 0 fully saturated rings. The third-order valence-corrected chi connectivity index (χ3v) is 1.42. The van der Waals surface area contributed by atoms with E-state index in [9.17, 15) is 4.79 Å². The second-order valence-electron chi connectivity index (χ2n) is 2.34. The molecule has 0 radical (unpaired) electrons. The number of ether oxygens (including phenoxy) is 2. The Morgan fingerprint density at radius 2 is 2.23 bits per heavy atom. The van der Waals surface area contributed by atoms with Crippen LogP contribution in [0.5, 0.6) is 0 Å². The summed E-state index contributed by atoms with van der Waals surface area (Å²) in [5, 5.41) is 2.61. The summed E-state index contributed by atoms with van der Waals surface area (Å²) in [5.41, 5.74) is 0. The fourth-order valence-corrected chi connectivity index (χ4v) is 0.693. The lowest BCUT2D eigenvalue weighted by Crippen LogP contribution is -2.28. The minimum atomic E-state index is -0.156. The molecule has 5 heteroatoms. The molecule has 0 heterocycles. The molecule has 0 saturated heterocycles. The van der Waals surface area contributed by atoms with Gasteiger partial charge in [-0.15, -0.1) is 0 Å². The predicted molar refractivity (Wildman–Crippen MR) is 53.8 cm³/mol. The van der Waals surface area contributed by atoms with Crippen LogP contribution in [0.25, 0.3) is 0 Å². The lowest BCUT2D eigenvalue weighted by molar-refractivity contribution is -0.125. The zero-order valence-corrected chi connectivity index (χ0v) is 9.22. The first-order chi connectivity index (χ1) is 6.16. The molecule has 13 heavy (non-hydrogen) atoms. The Morgan fingerprint density at radius 3 is 2.77 bits per heavy atom. The molecule has 0 bridgehead atoms. The molecule has 0 aliphatic rings. The number of hydrogen-bond donors (Lipinski definition) is 1. The number of carbonyl (C=O) groups is 1. The van der Waals surface area contributed by atoms with E-state index < -0.39 is 0 Å². The largest absolute Gasteiger partial charge is 0.382 e. The number of carbonyl (C=O) groups excluding carboxylic acids is 1. The van der Waals surface area contributed by atoms with Crippen LogP contribution in [-0.4, -0.2) is 39.4 Å². The van der Waals surface area contributed by atoms with Gasteiger partial charge in [-0.1, -0.05) is 22.5 Å². The Balaban J connectivity index is 3.25. The summed E-state index contributed by atoms with van der Waals surface area (Å²) < 4.78 is 10.5. The number of halogens is 1. The van der Waals surface area contributed by atoms with Gasteiger partial charge < -0.3 is 14.8 Å². The maximum atomic E-state index is 11.0. The van der Waals surface area contributed by atoms with E-state index in [4.69, 9.17) is 9.47 Å². The first-order valence-electron chi connectivity index (χ1n) is 3.83. The van der Waals surface area contributed by atoms with Gasteiger partial charge in [0.1, 0.15) is 6.61 Å². The van der Waals surface area contributed by atoms with E-state index in [0.29, 0.717) is 19.8 Å². The first kappa shape index (κ1) is 12.6. The monoisotopic (exact) mass is 251 g/mol. The molecular weight excluding hydrogens is 238 g/mol. The molecule has 0 rings (SSSR count). The SMILES string of the molecule is C=C(Br)CNC(=O)COCCOC. The van der Waals surface area contributed by atoms with Crippen molar-refractivity contribution in [1.29, 1.82) is 0 Å². The average Bonchev–Trinajstić information content (AvgIpc) is 2.09. The van der Waals surface area contributed by atoms with Crippen LogP contribution in [0.4, 0.5) is 0 Å². The van der Waals surface area contributed by atoms with Gasteiger partial charge in [-0.05, 0) is 0 Å². The minimum absolute atomic E-state index is 0.0592. The van der Waals surface area contributed by atoms with Crippen molar-refractivity contribution in [2.24, 2.45) is 0 Å². The third kappa shape index (κ3) is 9.52. The topological polar surface area (TPSA) is 47.6 Å². The summed E-state index contributed by atoms with van der Waals surface area (Å²) in [5.74, 6) is -0.156. The Labute approximate surface area is 86.4 Å². The van der Waals surface area contributed by atoms with Crippen LogP contribution in [-0.2, 0) is 14.3 Å². The van der Waals surface area contributed by atoms with E-state index >= 15 is 0 Å². The molecule has 0 aromatic heterocycles. The second-order valence-corrected chi connectivity index (χ2v) is 3.46. The third-order valence-electron chi connectivity index (χ3n) is 1.14. The summed E-state index contributed by atoms with van der Waals surface area (Å²) in [6.07, 6.45) is 0. The molecule has 0 spiro atoms. The number of hydrogen-bond acceptors (Lipinski definition) is 3. The van der Waals surface area contributed by atoms with Gasteiger partial charge in [0.2, 0.25) is 5.91 Å². The fourth-order valence-electron chi connectivity index (χ4n) is 0.553. The van der Waals surface area contributed by atoms with Crippen LogP contribution in [0.1, 0.15) is 0 Å². The lowest BCUT2D eigenvalue weighted by atomic mass is 10.5. The van der Waals surface area contributed by atoms with Gasteiger partial charge in [-0.3, -0.25) is 4.79 Å². The number of nitrogens with one attached hydrogen (secondary N) is 1. The highest BCUT2D eigenvalue weighted by Crippen LogP contribution is 1.96. The molecule has 0 saturated carbocycles. The zero-order valence-electron chi connectivity index (χ0n) is 7.64. The Bertz CT molecular complexity index is 173. The molecule has 0 unspecified atom stereocenters. The van der Waals surface area contributed by atoms with Crippen LogP contribution >= 0.6 is 15.9 Å². The van der Waals surface area contributed by atoms with Crippen LogP contribution < -0.4 is 5.32 Å². The minimum Gasteiger partial charge on any atom is -0.382 e. The highest BCUT2D eigenvalue weighted by molar-refractivity contribution is 9.11. The van der Waals surface area contributed by atoms with Crippen molar-refractivity contribution >= 4 is 21.8 Å². The molecule has 0 aliphatic carbocycles. The fraction of sp³-hybridized carbons (Fsp3) is 0.625. The number of amides is 1. The van der Waals surface area contributed by atoms with Crippen molar-refractivity contribution in [3.63, 3.8) is 0 Å². The standard InChI is InChI=1S/C8H14BrNO3/c1-7(9)5-10-8(11)6-13-4-3-12-2/h1,3-6H2,2H3,(H,10,11). The van der Waals surface area contributed by atoms with Crippen molar-refractivity contribution in [1.82, 2.24) is 5.32 Å². The number of rotatable bonds is 7. The Hall–Kier alpha value is -0.390. The van der Waals surface area contributed by atoms with Gasteiger partial charge in [0.25, 0.3) is 0 Å². The summed E-state index contributed by atoms with van der Waals surface area (Å²) in [4.78, 5) is 11.0. The molecule has 1 amide bonds. The summed E-state index contributed by atoms with van der Waals surface area (Å²) >= 11 is 3.13. The van der Waals surface area contributed by atoms with Gasteiger partial charge in [0, 0.05) is 18.1 Å². The van der Waals surface area contributed by atoms with Gasteiger partial charge in [-0.25, -0.2) is 0 Å². The summed E-state index contributed by atoms with van der Waals surface area (Å²) in [7, 11) is 1.58. The second kappa shape index (κ2) is 8.22. The van der Waals surface area contributed by atoms with E-state index in [-0.39, 0.29) is 12.5 Å². The average molecular weight is 252 g/mol. The number of methoxy groups -OCH3 is 1. The highest BCUT2D eigenvalue weighted by atomic mass is 79.9. The van der Waals surface area contributed by atoms with Gasteiger partial charge in [-0.2, -0.15) is 0 Å². The molecular formula is C8H14BrNO3. The van der Waals surface area contributed by atoms with Crippen LogP contribution in [0.2, 0.25) is 0 Å². The Morgan fingerprint density at radius 1 is 1.54 bits per heavy atom. The van der Waals surface area contributed by atoms with Crippen molar-refractivity contribution in [3.8, 4) is 0 Å². The maximum Gasteiger partial charge on any atom is 0.246 e. The first-order valence-corrected chi connectivity index (χ1v) is 4.62. The highest BCUT2D eigenvalue weighted by Gasteiger charge is 1.99. The molecule has 4 nitrogen and oxygen atoms in total. The van der Waals surface area contributed by atoms with E-state index in [1.165, 1.54) is 0 Å². The quantitative estimate of drug-likeness (QED) is 0.677. The molecule has 1 N–H and O–H groups in total. The van der Waals surface area contributed by atoms with Crippen LogP contribution in [0, 0.1) is 0 Å². The summed E-state index contributed by atoms with van der Waals surface area (Å²) in [6.45, 7) is 4.99. The van der Waals surface area contributed by atoms with E-state index in [1.54, 1.807) is 7.11 Å². The predicted octanol–water partition coefficient (Wildman–Crippen LogP) is 0.674. The van der Waals surface area contributed by atoms with E-state index in [2.05, 4.69) is 27.8 Å². The van der Waals surface area contributed by atoms with Crippen molar-refractivity contribution in [2.75, 3.05) is 33.5 Å². The van der Waals surface area contributed by atoms with Gasteiger partial charge in [0.05, 0.1) is 13.2 Å². The van der Waals surface area contributed by atoms with Gasteiger partial charge >= 0.3 is 0 Å². The van der Waals surface area contributed by atoms with Crippen molar-refractivity contribution in [3.05, 3.63) is 11.1 Å². The molecule has 0 aliphatic heterocycles. The Kier molecular flexibility index (Phi) is 7.97. The van der Waals surface area contributed by atoms with Crippen LogP contribution in [0.15, 0.2) is 11.1 Å². The molecule has 0 aromatic rings. The zero-order chi connectivity index (χ0) is 10.1. The van der Waals surface area contributed by atoms with Crippen molar-refractivity contribution < 1.29 is 14.3 Å². The molecule has 0 atom stereocenters. The van der Waals surface area contributed by atoms with Gasteiger partial charge in [0.15, 0.2) is 0 Å². The van der Waals surface area contributed by atoms with E-state index in [0.717, 1.165) is 4.48 Å². The molecule has 76 valence electrons.